The van der Waals surface area contributed by atoms with Crippen molar-refractivity contribution in [3.8, 4) is 0 Å². The summed E-state index contributed by atoms with van der Waals surface area (Å²) < 4.78 is 27.0. The number of nitrogens with one attached hydrogen (secondary N) is 1. The minimum absolute atomic E-state index is 0. The maximum absolute atomic E-state index is 12.6. The van der Waals surface area contributed by atoms with Gasteiger partial charge < -0.3 is 5.32 Å². The molecule has 6 heteroatoms. The van der Waals surface area contributed by atoms with Crippen molar-refractivity contribution in [1.82, 2.24) is 9.62 Å². The van der Waals surface area contributed by atoms with Crippen LogP contribution in [0.3, 0.4) is 0 Å². The molecule has 0 radical (unpaired) electrons. The van der Waals surface area contributed by atoms with Crippen molar-refractivity contribution in [2.75, 3.05) is 25.4 Å². The van der Waals surface area contributed by atoms with Crippen LogP contribution in [0, 0.1) is 11.8 Å². The molecule has 1 atom stereocenters. The van der Waals surface area contributed by atoms with Gasteiger partial charge in [0.2, 0.25) is 10.0 Å². The Morgan fingerprint density at radius 3 is 2.18 bits per heavy atom. The fourth-order valence-corrected chi connectivity index (χ4v) is 6.33. The van der Waals surface area contributed by atoms with Gasteiger partial charge in [0, 0.05) is 19.1 Å². The van der Waals surface area contributed by atoms with E-state index in [-0.39, 0.29) is 12.4 Å². The van der Waals surface area contributed by atoms with E-state index in [4.69, 9.17) is 0 Å². The molecule has 2 heterocycles. The lowest BCUT2D eigenvalue weighted by molar-refractivity contribution is 0.232. The number of rotatable bonds is 4. The number of piperidine rings is 1. The Morgan fingerprint density at radius 2 is 1.59 bits per heavy atom. The lowest BCUT2D eigenvalue weighted by Crippen LogP contribution is -2.44. The average Bonchev–Trinajstić information content (AvgIpc) is 3.02. The van der Waals surface area contributed by atoms with Crippen molar-refractivity contribution in [2.24, 2.45) is 11.8 Å². The van der Waals surface area contributed by atoms with E-state index >= 15 is 0 Å². The van der Waals surface area contributed by atoms with Crippen molar-refractivity contribution in [1.29, 1.82) is 0 Å². The molecule has 0 aromatic carbocycles. The molecule has 0 aromatic rings. The molecule has 130 valence electrons. The normalized spacial score (nSPS) is 29.4. The highest BCUT2D eigenvalue weighted by Crippen LogP contribution is 2.29. The van der Waals surface area contributed by atoms with E-state index in [1.807, 2.05) is 0 Å². The van der Waals surface area contributed by atoms with Gasteiger partial charge in [-0.3, -0.25) is 0 Å². The van der Waals surface area contributed by atoms with Crippen LogP contribution < -0.4 is 5.32 Å². The molecule has 0 spiro atoms. The van der Waals surface area contributed by atoms with Crippen molar-refractivity contribution in [2.45, 2.75) is 63.8 Å². The third-order valence-corrected chi connectivity index (χ3v) is 7.78. The first-order chi connectivity index (χ1) is 10.1. The second kappa shape index (κ2) is 8.32. The molecule has 0 amide bonds. The predicted molar refractivity (Wildman–Crippen MR) is 92.9 cm³/mol. The van der Waals surface area contributed by atoms with Gasteiger partial charge in [-0.15, -0.1) is 12.4 Å². The Balaban J connectivity index is 0.00000176. The molecule has 22 heavy (non-hydrogen) atoms. The summed E-state index contributed by atoms with van der Waals surface area (Å²) in [4.78, 5) is 0. The summed E-state index contributed by atoms with van der Waals surface area (Å²) in [7, 11) is -3.02. The predicted octanol–water partition coefficient (Wildman–Crippen LogP) is 2.78. The van der Waals surface area contributed by atoms with Crippen LogP contribution in [0.25, 0.3) is 0 Å². The summed E-state index contributed by atoms with van der Waals surface area (Å²) in [5.74, 6) is 1.51. The summed E-state index contributed by atoms with van der Waals surface area (Å²) in [5.41, 5.74) is 0. The molecule has 1 N–H and O–H groups in total. The van der Waals surface area contributed by atoms with Crippen molar-refractivity contribution in [3.63, 3.8) is 0 Å². The molecule has 3 fully saturated rings. The fourth-order valence-electron chi connectivity index (χ4n) is 4.43. The Hall–Kier alpha value is 0.160. The zero-order valence-electron chi connectivity index (χ0n) is 13.5. The first-order valence-corrected chi connectivity index (χ1v) is 10.5. The van der Waals surface area contributed by atoms with Gasteiger partial charge in [0.1, 0.15) is 0 Å². The molecule has 1 unspecified atom stereocenters. The minimum atomic E-state index is -3.02. The van der Waals surface area contributed by atoms with Crippen molar-refractivity contribution < 1.29 is 8.42 Å². The molecule has 3 aliphatic rings. The number of hydrogen-bond donors (Lipinski definition) is 1. The summed E-state index contributed by atoms with van der Waals surface area (Å²) >= 11 is 0. The van der Waals surface area contributed by atoms with Gasteiger partial charge in [-0.2, -0.15) is 0 Å². The standard InChI is InChI=1S/C16H30N2O2S.ClH/c19-21(20,13-14-5-2-1-3-6-14)18-11-8-15(9-12-18)16-7-4-10-17-16;/h14-17H,1-13H2;1H. The Labute approximate surface area is 141 Å². The van der Waals surface area contributed by atoms with Gasteiger partial charge in [-0.1, -0.05) is 19.3 Å². The zero-order chi connectivity index (χ0) is 14.7. The largest absolute Gasteiger partial charge is 0.314 e. The van der Waals surface area contributed by atoms with E-state index in [2.05, 4.69) is 5.32 Å². The number of nitrogens with zero attached hydrogens (tertiary/aromatic N) is 1. The topological polar surface area (TPSA) is 49.4 Å². The monoisotopic (exact) mass is 350 g/mol. The van der Waals surface area contributed by atoms with Crippen molar-refractivity contribution in [3.05, 3.63) is 0 Å². The highest BCUT2D eigenvalue weighted by molar-refractivity contribution is 7.89. The smallest absolute Gasteiger partial charge is 0.214 e. The van der Waals surface area contributed by atoms with E-state index in [9.17, 15) is 8.42 Å². The van der Waals surface area contributed by atoms with E-state index < -0.39 is 10.0 Å². The summed E-state index contributed by atoms with van der Waals surface area (Å²) in [6.45, 7) is 2.64. The second-order valence-electron chi connectivity index (χ2n) is 7.22. The van der Waals surface area contributed by atoms with Gasteiger partial charge >= 0.3 is 0 Å². The van der Waals surface area contributed by atoms with Crippen LogP contribution in [0.5, 0.6) is 0 Å². The maximum Gasteiger partial charge on any atom is 0.214 e. The van der Waals surface area contributed by atoms with Gasteiger partial charge in [-0.25, -0.2) is 12.7 Å². The van der Waals surface area contributed by atoms with Gasteiger partial charge in [0.25, 0.3) is 0 Å². The van der Waals surface area contributed by atoms with E-state index in [0.717, 1.165) is 45.3 Å². The van der Waals surface area contributed by atoms with E-state index in [1.165, 1.54) is 32.1 Å². The maximum atomic E-state index is 12.6. The third-order valence-electron chi connectivity index (χ3n) is 5.73. The molecule has 0 bridgehead atoms. The van der Waals surface area contributed by atoms with Gasteiger partial charge in [0.05, 0.1) is 5.75 Å². The molecular formula is C16H31ClN2O2S. The van der Waals surface area contributed by atoms with Crippen LogP contribution in [0.15, 0.2) is 0 Å². The highest BCUT2D eigenvalue weighted by atomic mass is 35.5. The molecule has 2 saturated heterocycles. The fraction of sp³-hybridized carbons (Fsp3) is 1.00. The lowest BCUT2D eigenvalue weighted by Gasteiger charge is -2.35. The van der Waals surface area contributed by atoms with Gasteiger partial charge in [0.15, 0.2) is 0 Å². The number of halogens is 1. The Bertz CT molecular complexity index is 423. The van der Waals surface area contributed by atoms with Gasteiger partial charge in [-0.05, 0) is 56.9 Å². The SMILES string of the molecule is Cl.O=S(=O)(CC1CCCCC1)N1CCC(C2CCCN2)CC1. The third kappa shape index (κ3) is 4.59. The Morgan fingerprint density at radius 1 is 0.909 bits per heavy atom. The van der Waals surface area contributed by atoms with Crippen LogP contribution in [0.1, 0.15) is 57.8 Å². The molecule has 1 aliphatic carbocycles. The quantitative estimate of drug-likeness (QED) is 0.848. The van der Waals surface area contributed by atoms with E-state index in [1.54, 1.807) is 4.31 Å². The number of sulfonamides is 1. The van der Waals surface area contributed by atoms with Crippen LogP contribution in [-0.4, -0.2) is 44.2 Å². The van der Waals surface area contributed by atoms with E-state index in [0.29, 0.717) is 23.6 Å². The van der Waals surface area contributed by atoms with Crippen LogP contribution in [0.4, 0.5) is 0 Å². The van der Waals surface area contributed by atoms with Crippen LogP contribution >= 0.6 is 12.4 Å². The molecule has 2 aliphatic heterocycles. The first kappa shape index (κ1) is 18.5. The van der Waals surface area contributed by atoms with Crippen molar-refractivity contribution >= 4 is 22.4 Å². The highest BCUT2D eigenvalue weighted by Gasteiger charge is 2.33. The number of hydrogen-bond acceptors (Lipinski definition) is 3. The molecule has 0 aromatic heterocycles. The lowest BCUT2D eigenvalue weighted by atomic mass is 9.89. The molecule has 1 saturated carbocycles. The average molecular weight is 351 g/mol. The minimum Gasteiger partial charge on any atom is -0.314 e. The molecular weight excluding hydrogens is 320 g/mol. The second-order valence-corrected chi connectivity index (χ2v) is 9.24. The first-order valence-electron chi connectivity index (χ1n) is 8.86. The zero-order valence-corrected chi connectivity index (χ0v) is 15.1. The molecule has 4 nitrogen and oxygen atoms in total. The van der Waals surface area contributed by atoms with Crippen LogP contribution in [0.2, 0.25) is 0 Å². The Kier molecular flexibility index (Phi) is 6.99. The summed E-state index contributed by atoms with van der Waals surface area (Å²) in [6, 6.07) is 0.646. The van der Waals surface area contributed by atoms with Crippen LogP contribution in [-0.2, 0) is 10.0 Å². The summed E-state index contributed by atoms with van der Waals surface area (Å²) in [5, 5.41) is 3.58. The molecule has 3 rings (SSSR count). The summed E-state index contributed by atoms with van der Waals surface area (Å²) in [6.07, 6.45) is 10.6.